The van der Waals surface area contributed by atoms with Crippen molar-refractivity contribution in [1.82, 2.24) is 5.32 Å². The summed E-state index contributed by atoms with van der Waals surface area (Å²) in [6.07, 6.45) is 2.05. The largest absolute Gasteiger partial charge is 0.491 e. The first-order valence-electron chi connectivity index (χ1n) is 7.68. The number of thiocarbonyl (C=S) groups is 1. The van der Waals surface area contributed by atoms with Crippen LogP contribution in [0.5, 0.6) is 0 Å². The average Bonchev–Trinajstić information content (AvgIpc) is 2.69. The molecule has 4 nitrogen and oxygen atoms in total. The summed E-state index contributed by atoms with van der Waals surface area (Å²) in [5, 5.41) is 5.60. The van der Waals surface area contributed by atoms with Crippen molar-refractivity contribution in [2.45, 2.75) is 38.9 Å². The highest BCUT2D eigenvalue weighted by molar-refractivity contribution is 7.78. The Bertz CT molecular complexity index is 636. The van der Waals surface area contributed by atoms with Crippen LogP contribution in [0.2, 0.25) is 0 Å². The third-order valence-corrected chi connectivity index (χ3v) is 4.47. The van der Waals surface area contributed by atoms with Crippen molar-refractivity contribution >= 4 is 36.3 Å². The lowest BCUT2D eigenvalue weighted by atomic mass is 9.77. The molecule has 1 aromatic carbocycles. The lowest BCUT2D eigenvalue weighted by molar-refractivity contribution is 0.00578. The van der Waals surface area contributed by atoms with E-state index in [0.717, 1.165) is 16.7 Å². The maximum absolute atomic E-state index is 6.15. The van der Waals surface area contributed by atoms with E-state index in [1.807, 2.05) is 65.1 Å². The van der Waals surface area contributed by atoms with Crippen LogP contribution < -0.4 is 5.32 Å². The van der Waals surface area contributed by atoms with Crippen molar-refractivity contribution < 1.29 is 9.31 Å². The van der Waals surface area contributed by atoms with E-state index < -0.39 is 7.12 Å². The Morgan fingerprint density at radius 3 is 2.43 bits per heavy atom. The fourth-order valence-electron chi connectivity index (χ4n) is 2.36. The minimum atomic E-state index is -0.392. The van der Waals surface area contributed by atoms with Crippen molar-refractivity contribution in [2.24, 2.45) is 4.99 Å². The maximum Gasteiger partial charge on any atom is 0.491 e. The van der Waals surface area contributed by atoms with E-state index in [4.69, 9.17) is 21.5 Å². The van der Waals surface area contributed by atoms with Gasteiger partial charge in [0.2, 0.25) is 0 Å². The molecule has 0 amide bonds. The van der Waals surface area contributed by atoms with Gasteiger partial charge in [-0.1, -0.05) is 24.3 Å². The van der Waals surface area contributed by atoms with Crippen LogP contribution in [-0.4, -0.2) is 37.1 Å². The van der Waals surface area contributed by atoms with Gasteiger partial charge >= 0.3 is 7.12 Å². The smallest absolute Gasteiger partial charge is 0.400 e. The molecule has 1 N–H and O–H groups in total. The summed E-state index contributed by atoms with van der Waals surface area (Å²) in [5.41, 5.74) is 2.03. The number of rotatable bonds is 5. The van der Waals surface area contributed by atoms with Crippen molar-refractivity contribution in [1.29, 1.82) is 0 Å². The third-order valence-electron chi connectivity index (χ3n) is 4.38. The van der Waals surface area contributed by atoms with Gasteiger partial charge in [-0.25, -0.2) is 0 Å². The first-order valence-corrected chi connectivity index (χ1v) is 8.09. The van der Waals surface area contributed by atoms with Gasteiger partial charge in [0, 0.05) is 12.1 Å². The predicted molar refractivity (Wildman–Crippen MR) is 99.1 cm³/mol. The van der Waals surface area contributed by atoms with Gasteiger partial charge in [0.15, 0.2) is 0 Å². The van der Waals surface area contributed by atoms with Crippen LogP contribution in [0.4, 0.5) is 5.69 Å². The van der Waals surface area contributed by atoms with Crippen molar-refractivity contribution in [3.8, 4) is 0 Å². The molecule has 0 unspecified atom stereocenters. The van der Waals surface area contributed by atoms with Crippen LogP contribution in [-0.2, 0) is 9.31 Å². The predicted octanol–water partition coefficient (Wildman–Crippen LogP) is 3.66. The average molecular weight is 330 g/mol. The lowest BCUT2D eigenvalue weighted by Gasteiger charge is -2.32. The summed E-state index contributed by atoms with van der Waals surface area (Å²) in [5.74, 6) is 0. The Morgan fingerprint density at radius 2 is 1.87 bits per heavy atom. The van der Waals surface area contributed by atoms with E-state index in [1.165, 1.54) is 0 Å². The molecule has 0 atom stereocenters. The van der Waals surface area contributed by atoms with Crippen LogP contribution in [0.25, 0.3) is 6.08 Å². The molecule has 1 aliphatic rings. The molecule has 6 heteroatoms. The number of aliphatic imine (C=N–C) groups is 1. The lowest BCUT2D eigenvalue weighted by Crippen LogP contribution is -2.41. The molecule has 0 bridgehead atoms. The van der Waals surface area contributed by atoms with Crippen LogP contribution in [0.15, 0.2) is 34.7 Å². The number of nitrogens with one attached hydrogen (secondary N) is 1. The Hall–Kier alpha value is -1.30. The number of likely N-dealkylation sites (N-methyl/N-ethyl adjacent to an activating group) is 1. The van der Waals surface area contributed by atoms with Gasteiger partial charge < -0.3 is 14.6 Å². The molecule has 1 aromatic rings. The fourth-order valence-corrected chi connectivity index (χ4v) is 2.46. The van der Waals surface area contributed by atoms with E-state index in [-0.39, 0.29) is 11.2 Å². The van der Waals surface area contributed by atoms with E-state index in [0.29, 0.717) is 6.54 Å². The molecule has 0 radical (unpaired) electrons. The second-order valence-corrected chi connectivity index (χ2v) is 6.78. The van der Waals surface area contributed by atoms with Gasteiger partial charge in [-0.05, 0) is 58.5 Å². The van der Waals surface area contributed by atoms with Gasteiger partial charge in [0.1, 0.15) is 0 Å². The summed E-state index contributed by atoms with van der Waals surface area (Å²) < 4.78 is 12.3. The minimum Gasteiger partial charge on any atom is -0.400 e. The second-order valence-electron chi connectivity index (χ2n) is 6.60. The standard InChI is InChI=1S/C17H23BN2O2S/c1-16(2)17(3,4)22-18(21-16)14(11-19-5)10-13-8-6-7-9-15(13)20-12-23/h6-10,19H,11H2,1-5H3. The first kappa shape index (κ1) is 18.0. The SMILES string of the molecule is CNCC(=Cc1ccccc1N=C=S)B1OC(C)(C)C(C)(C)O1. The highest BCUT2D eigenvalue weighted by Crippen LogP contribution is 2.39. The van der Waals surface area contributed by atoms with Gasteiger partial charge in [-0.3, -0.25) is 0 Å². The molecule has 2 rings (SSSR count). The molecule has 0 saturated carbocycles. The Balaban J connectivity index is 2.38. The zero-order chi connectivity index (χ0) is 17.1. The molecule has 0 spiro atoms. The molecule has 1 fully saturated rings. The maximum atomic E-state index is 6.15. The summed E-state index contributed by atoms with van der Waals surface area (Å²) in [6, 6.07) is 7.80. The van der Waals surface area contributed by atoms with E-state index in [2.05, 4.69) is 15.5 Å². The minimum absolute atomic E-state index is 0.365. The molecule has 1 aliphatic heterocycles. The van der Waals surface area contributed by atoms with Crippen molar-refractivity contribution in [2.75, 3.05) is 13.6 Å². The van der Waals surface area contributed by atoms with Gasteiger partial charge in [0.05, 0.1) is 22.1 Å². The molecule has 1 saturated heterocycles. The van der Waals surface area contributed by atoms with Gasteiger partial charge in [-0.15, -0.1) is 0 Å². The Labute approximate surface area is 144 Å². The number of nitrogens with zero attached hydrogens (tertiary/aromatic N) is 1. The van der Waals surface area contributed by atoms with Crippen LogP contribution in [0.3, 0.4) is 0 Å². The molecule has 122 valence electrons. The van der Waals surface area contributed by atoms with Crippen LogP contribution in [0.1, 0.15) is 33.3 Å². The zero-order valence-corrected chi connectivity index (χ0v) is 15.2. The molecular formula is C17H23BN2O2S. The number of para-hydroxylation sites is 1. The number of hydrogen-bond acceptors (Lipinski definition) is 5. The normalized spacial score (nSPS) is 19.5. The van der Waals surface area contributed by atoms with Crippen LogP contribution >= 0.6 is 12.2 Å². The summed E-state index contributed by atoms with van der Waals surface area (Å²) >= 11 is 4.73. The summed E-state index contributed by atoms with van der Waals surface area (Å²) in [7, 11) is 1.51. The zero-order valence-electron chi connectivity index (χ0n) is 14.3. The third kappa shape index (κ3) is 3.97. The first-order chi connectivity index (χ1) is 10.8. The second kappa shape index (κ2) is 7.08. The quantitative estimate of drug-likeness (QED) is 0.508. The molecular weight excluding hydrogens is 307 g/mol. The fraction of sp³-hybridized carbons (Fsp3) is 0.471. The Kier molecular flexibility index (Phi) is 5.55. The molecule has 1 heterocycles. The van der Waals surface area contributed by atoms with Crippen LogP contribution in [0, 0.1) is 0 Å². The van der Waals surface area contributed by atoms with E-state index in [1.54, 1.807) is 0 Å². The number of isothiocyanates is 1. The highest BCUT2D eigenvalue weighted by Gasteiger charge is 2.52. The highest BCUT2D eigenvalue weighted by atomic mass is 32.1. The van der Waals surface area contributed by atoms with Crippen molar-refractivity contribution in [3.05, 3.63) is 35.3 Å². The topological polar surface area (TPSA) is 42.9 Å². The van der Waals surface area contributed by atoms with Crippen molar-refractivity contribution in [3.63, 3.8) is 0 Å². The molecule has 0 aliphatic carbocycles. The number of benzene rings is 1. The summed E-state index contributed by atoms with van der Waals surface area (Å²) in [6.45, 7) is 8.86. The Morgan fingerprint density at radius 1 is 1.26 bits per heavy atom. The number of hydrogen-bond donors (Lipinski definition) is 1. The molecule has 23 heavy (non-hydrogen) atoms. The van der Waals surface area contributed by atoms with Gasteiger partial charge in [0.25, 0.3) is 0 Å². The van der Waals surface area contributed by atoms with E-state index in [9.17, 15) is 0 Å². The molecule has 0 aromatic heterocycles. The van der Waals surface area contributed by atoms with Gasteiger partial charge in [-0.2, -0.15) is 4.99 Å². The summed E-state index contributed by atoms with van der Waals surface area (Å²) in [4.78, 5) is 4.12. The monoisotopic (exact) mass is 330 g/mol. The van der Waals surface area contributed by atoms with E-state index >= 15 is 0 Å².